The standard InChI is InChI=1S/C48H35N9.Pt/c1-47(2,3)31-11-16-42-37(21-31)36-14-15-38(39-24-40(55-54-39)45-29(26-50)19-28(25-49)20-30(45)27-51)53-46(36)56(42)33-12-13-35-34-9-7-8-10-41(34)57(43(35)23-33)44-22-32(17-18-52-44)48(4,5)6;/h7-22,24H,1-6H3;/q-2;+2. The van der Waals surface area contributed by atoms with E-state index in [-0.39, 0.29) is 48.6 Å². The Morgan fingerprint density at radius 2 is 1.33 bits per heavy atom. The topological polar surface area (TPSA) is 134 Å². The number of nitriles is 3. The van der Waals surface area contributed by atoms with Gasteiger partial charge in [-0.15, -0.1) is 17.5 Å². The molecule has 0 aliphatic carbocycles. The summed E-state index contributed by atoms with van der Waals surface area (Å²) in [6.07, 6.45) is 1.88. The summed E-state index contributed by atoms with van der Waals surface area (Å²) in [6, 6.07) is 42.2. The van der Waals surface area contributed by atoms with E-state index in [0.29, 0.717) is 22.6 Å². The van der Waals surface area contributed by atoms with Crippen molar-refractivity contribution in [3.63, 3.8) is 0 Å². The van der Waals surface area contributed by atoms with Crippen LogP contribution >= 0.6 is 0 Å². The Bertz CT molecular complexity index is 3220. The fraction of sp³-hybridized carbons (Fsp3) is 0.167. The van der Waals surface area contributed by atoms with Gasteiger partial charge in [-0.05, 0) is 88.0 Å². The van der Waals surface area contributed by atoms with Gasteiger partial charge >= 0.3 is 21.1 Å². The molecule has 9 rings (SSSR count). The number of benzene rings is 4. The van der Waals surface area contributed by atoms with Gasteiger partial charge in [0.15, 0.2) is 0 Å². The average Bonchev–Trinajstić information content (AvgIpc) is 3.92. The van der Waals surface area contributed by atoms with E-state index < -0.39 is 0 Å². The molecule has 10 heteroatoms. The maximum absolute atomic E-state index is 9.93. The maximum atomic E-state index is 9.93. The SMILES string of the molecule is CC(C)(C)c1ccnc(-n2c3[c-]c(-n4c5ccc(C(C)(C)C)cc5c5ccc(-c6cc(-c7c(C#N)cc(C#N)cc7C#N)n[n-]6)nc54)ccc3c3ccccc32)c1.[Pt+2]. The first-order chi connectivity index (χ1) is 27.4. The molecule has 0 amide bonds. The van der Waals surface area contributed by atoms with Crippen LogP contribution in [0, 0.1) is 40.1 Å². The van der Waals surface area contributed by atoms with Crippen molar-refractivity contribution < 1.29 is 21.1 Å². The van der Waals surface area contributed by atoms with Gasteiger partial charge in [-0.2, -0.15) is 21.9 Å². The first-order valence-electron chi connectivity index (χ1n) is 18.7. The van der Waals surface area contributed by atoms with E-state index in [1.54, 1.807) is 6.07 Å². The summed E-state index contributed by atoms with van der Waals surface area (Å²) in [7, 11) is 0. The molecule has 0 unspecified atom stereocenters. The zero-order valence-electron chi connectivity index (χ0n) is 32.7. The van der Waals surface area contributed by atoms with Crippen molar-refractivity contribution in [2.45, 2.75) is 52.4 Å². The molecular weight excluding hydrogens is 898 g/mol. The molecule has 0 N–H and O–H groups in total. The summed E-state index contributed by atoms with van der Waals surface area (Å²) in [6.45, 7) is 13.3. The van der Waals surface area contributed by atoms with E-state index in [2.05, 4.69) is 152 Å². The van der Waals surface area contributed by atoms with E-state index in [1.165, 1.54) is 23.3 Å². The van der Waals surface area contributed by atoms with Gasteiger partial charge < -0.3 is 19.3 Å². The number of para-hydroxylation sites is 1. The second-order valence-electron chi connectivity index (χ2n) is 16.4. The van der Waals surface area contributed by atoms with Crippen molar-refractivity contribution in [3.05, 3.63) is 137 Å². The minimum absolute atomic E-state index is 0. The maximum Gasteiger partial charge on any atom is 2.00 e. The second-order valence-corrected chi connectivity index (χ2v) is 16.4. The van der Waals surface area contributed by atoms with E-state index in [9.17, 15) is 15.8 Å². The predicted octanol–water partition coefficient (Wildman–Crippen LogP) is 10.4. The summed E-state index contributed by atoms with van der Waals surface area (Å²) in [5, 5.41) is 42.4. The van der Waals surface area contributed by atoms with Crippen molar-refractivity contribution in [2.75, 3.05) is 0 Å². The second kappa shape index (κ2) is 14.0. The molecule has 5 aromatic heterocycles. The number of aromatic nitrogens is 6. The molecule has 0 aliphatic rings. The van der Waals surface area contributed by atoms with Crippen LogP contribution in [-0.2, 0) is 31.9 Å². The fourth-order valence-corrected chi connectivity index (χ4v) is 7.70. The Hall–Kier alpha value is -6.85. The largest absolute Gasteiger partial charge is 2.00 e. The molecule has 5 heterocycles. The minimum atomic E-state index is -0.0756. The summed E-state index contributed by atoms with van der Waals surface area (Å²) in [5.41, 5.74) is 9.07. The Balaban J connectivity index is 0.00000469. The van der Waals surface area contributed by atoms with Crippen molar-refractivity contribution in [3.8, 4) is 52.4 Å². The molecule has 282 valence electrons. The number of fused-ring (bicyclic) bond motifs is 6. The van der Waals surface area contributed by atoms with Crippen molar-refractivity contribution in [2.24, 2.45) is 0 Å². The molecule has 0 radical (unpaired) electrons. The van der Waals surface area contributed by atoms with Gasteiger partial charge in [-0.1, -0.05) is 82.7 Å². The fourth-order valence-electron chi connectivity index (χ4n) is 7.70. The van der Waals surface area contributed by atoms with Crippen LogP contribution in [0.1, 0.15) is 69.4 Å². The van der Waals surface area contributed by atoms with Gasteiger partial charge in [-0.25, -0.2) is 9.97 Å². The number of rotatable bonds is 4. The third-order valence-corrected chi connectivity index (χ3v) is 10.7. The van der Waals surface area contributed by atoms with Crippen LogP contribution in [0.15, 0.2) is 103 Å². The van der Waals surface area contributed by atoms with Crippen LogP contribution in [0.3, 0.4) is 0 Å². The summed E-state index contributed by atoms with van der Waals surface area (Å²) < 4.78 is 4.35. The molecule has 9 aromatic rings. The molecule has 0 spiro atoms. The van der Waals surface area contributed by atoms with Crippen LogP contribution < -0.4 is 5.10 Å². The Morgan fingerprint density at radius 3 is 2.03 bits per heavy atom. The monoisotopic (exact) mass is 932 g/mol. The normalized spacial score (nSPS) is 11.8. The number of hydrogen-bond donors (Lipinski definition) is 0. The molecule has 0 bridgehead atoms. The molecule has 9 nitrogen and oxygen atoms in total. The van der Waals surface area contributed by atoms with E-state index in [4.69, 9.17) is 9.97 Å². The number of hydrogen-bond acceptors (Lipinski definition) is 6. The third-order valence-electron chi connectivity index (χ3n) is 10.7. The molecule has 0 fully saturated rings. The van der Waals surface area contributed by atoms with Crippen LogP contribution in [0.2, 0.25) is 0 Å². The Kier molecular flexibility index (Phi) is 9.16. The molecule has 0 saturated carbocycles. The summed E-state index contributed by atoms with van der Waals surface area (Å²) in [5.74, 6) is 0.825. The average molecular weight is 933 g/mol. The molecule has 0 aliphatic heterocycles. The van der Waals surface area contributed by atoms with Gasteiger partial charge in [0.05, 0.1) is 51.8 Å². The van der Waals surface area contributed by atoms with Gasteiger partial charge in [-0.3, -0.25) is 0 Å². The first-order valence-corrected chi connectivity index (χ1v) is 18.7. The van der Waals surface area contributed by atoms with Crippen LogP contribution in [-0.4, -0.2) is 24.2 Å². The molecule has 0 saturated heterocycles. The van der Waals surface area contributed by atoms with Gasteiger partial charge in [0.2, 0.25) is 0 Å². The van der Waals surface area contributed by atoms with E-state index in [0.717, 1.165) is 55.2 Å². The summed E-state index contributed by atoms with van der Waals surface area (Å²) in [4.78, 5) is 10.1. The van der Waals surface area contributed by atoms with Crippen LogP contribution in [0.4, 0.5) is 0 Å². The van der Waals surface area contributed by atoms with Crippen molar-refractivity contribution in [1.29, 1.82) is 15.8 Å². The van der Waals surface area contributed by atoms with Crippen LogP contribution in [0.5, 0.6) is 0 Å². The van der Waals surface area contributed by atoms with E-state index >= 15 is 0 Å². The van der Waals surface area contributed by atoms with Crippen molar-refractivity contribution in [1.82, 2.24) is 29.3 Å². The minimum Gasteiger partial charge on any atom is -0.573 e. The zero-order valence-corrected chi connectivity index (χ0v) is 34.9. The van der Waals surface area contributed by atoms with Gasteiger partial charge in [0.25, 0.3) is 0 Å². The molecule has 0 atom stereocenters. The number of pyridine rings is 2. The zero-order chi connectivity index (χ0) is 39.8. The predicted molar refractivity (Wildman–Crippen MR) is 223 cm³/mol. The Labute approximate surface area is 350 Å². The molecular formula is C48H35N9Pt. The molecule has 4 aromatic carbocycles. The number of nitrogens with zero attached hydrogens (tertiary/aromatic N) is 9. The van der Waals surface area contributed by atoms with Gasteiger partial charge in [0, 0.05) is 28.0 Å². The third kappa shape index (κ3) is 6.15. The summed E-state index contributed by atoms with van der Waals surface area (Å²) >= 11 is 0. The smallest absolute Gasteiger partial charge is 0.573 e. The Morgan fingerprint density at radius 1 is 0.638 bits per heavy atom. The van der Waals surface area contributed by atoms with Crippen molar-refractivity contribution >= 4 is 43.7 Å². The van der Waals surface area contributed by atoms with E-state index in [1.807, 2.05) is 18.3 Å². The van der Waals surface area contributed by atoms with Crippen LogP contribution in [0.25, 0.3) is 77.9 Å². The first kappa shape index (κ1) is 38.0. The quantitative estimate of drug-likeness (QED) is 0.160. The molecule has 58 heavy (non-hydrogen) atoms. The van der Waals surface area contributed by atoms with Gasteiger partial charge in [0.1, 0.15) is 11.5 Å².